The van der Waals surface area contributed by atoms with E-state index in [-0.39, 0.29) is 11.3 Å². The number of carbonyl (C=O) groups excluding carboxylic acids is 1. The Bertz CT molecular complexity index is 397. The summed E-state index contributed by atoms with van der Waals surface area (Å²) in [6.07, 6.45) is 2.07. The highest BCUT2D eigenvalue weighted by Gasteiger charge is 2.08. The van der Waals surface area contributed by atoms with Gasteiger partial charge in [-0.2, -0.15) is 0 Å². The number of hydrogen-bond acceptors (Lipinski definition) is 1. The predicted octanol–water partition coefficient (Wildman–Crippen LogP) is 2.71. The molecule has 4 heteroatoms. The third kappa shape index (κ3) is 2.45. The Labute approximate surface area is 78.9 Å². The van der Waals surface area contributed by atoms with E-state index in [0.29, 0.717) is 6.07 Å². The zero-order valence-electron chi connectivity index (χ0n) is 7.35. The molecular formula is C10H7F3O. The molecule has 1 aromatic rings. The molecule has 74 valence electrons. The van der Waals surface area contributed by atoms with Gasteiger partial charge in [0.2, 0.25) is 0 Å². The molecule has 1 nitrogen and oxygen atoms in total. The van der Waals surface area contributed by atoms with Gasteiger partial charge in [0, 0.05) is 11.6 Å². The van der Waals surface area contributed by atoms with Crippen LogP contribution in [0.25, 0.3) is 6.08 Å². The van der Waals surface area contributed by atoms with Crippen molar-refractivity contribution in [3.05, 3.63) is 41.2 Å². The van der Waals surface area contributed by atoms with Crippen molar-refractivity contribution in [2.45, 2.75) is 6.92 Å². The molecule has 0 saturated carbocycles. The van der Waals surface area contributed by atoms with E-state index >= 15 is 0 Å². The van der Waals surface area contributed by atoms with Gasteiger partial charge in [-0.25, -0.2) is 13.2 Å². The van der Waals surface area contributed by atoms with Crippen molar-refractivity contribution in [3.63, 3.8) is 0 Å². The molecule has 0 aromatic heterocycles. The van der Waals surface area contributed by atoms with Crippen molar-refractivity contribution in [2.24, 2.45) is 0 Å². The van der Waals surface area contributed by atoms with Crippen LogP contribution in [0.2, 0.25) is 0 Å². The summed E-state index contributed by atoms with van der Waals surface area (Å²) in [5, 5.41) is 0. The molecule has 0 aliphatic rings. The Kier molecular flexibility index (Phi) is 3.06. The Morgan fingerprint density at radius 3 is 2.50 bits per heavy atom. The van der Waals surface area contributed by atoms with Crippen LogP contribution < -0.4 is 0 Å². The van der Waals surface area contributed by atoms with Crippen molar-refractivity contribution >= 4 is 11.9 Å². The van der Waals surface area contributed by atoms with Gasteiger partial charge < -0.3 is 0 Å². The maximum atomic E-state index is 12.9. The minimum atomic E-state index is -1.27. The van der Waals surface area contributed by atoms with Crippen molar-refractivity contribution < 1.29 is 18.0 Å². The molecule has 0 fully saturated rings. The van der Waals surface area contributed by atoms with Crippen molar-refractivity contribution in [3.8, 4) is 0 Å². The van der Waals surface area contributed by atoms with Crippen LogP contribution in [0.4, 0.5) is 13.2 Å². The highest BCUT2D eigenvalue weighted by atomic mass is 19.2. The third-order valence-corrected chi connectivity index (χ3v) is 1.52. The van der Waals surface area contributed by atoms with Gasteiger partial charge in [-0.05, 0) is 25.1 Å². The molecule has 1 rings (SSSR count). The quantitative estimate of drug-likeness (QED) is 0.530. The van der Waals surface area contributed by atoms with E-state index in [1.807, 2.05) is 0 Å². The lowest BCUT2D eigenvalue weighted by Gasteiger charge is -1.98. The Balaban J connectivity index is 3.14. The first-order chi connectivity index (χ1) is 6.50. The number of rotatable bonds is 2. The average Bonchev–Trinajstić information content (AvgIpc) is 2.08. The van der Waals surface area contributed by atoms with Crippen molar-refractivity contribution in [2.75, 3.05) is 0 Å². The highest BCUT2D eigenvalue weighted by Crippen LogP contribution is 2.15. The molecule has 0 amide bonds. The van der Waals surface area contributed by atoms with Crippen LogP contribution in [-0.2, 0) is 4.79 Å². The van der Waals surface area contributed by atoms with Gasteiger partial charge in [-0.3, -0.25) is 4.79 Å². The SMILES string of the molecule is CC(=O)/C=C/c1cc(F)cc(F)c1F. The van der Waals surface area contributed by atoms with Crippen molar-refractivity contribution in [1.82, 2.24) is 0 Å². The average molecular weight is 200 g/mol. The zero-order valence-corrected chi connectivity index (χ0v) is 7.35. The van der Waals surface area contributed by atoms with E-state index < -0.39 is 17.5 Å². The van der Waals surface area contributed by atoms with Gasteiger partial charge in [-0.15, -0.1) is 0 Å². The minimum absolute atomic E-state index is 0.280. The summed E-state index contributed by atoms with van der Waals surface area (Å²) >= 11 is 0. The summed E-state index contributed by atoms with van der Waals surface area (Å²) in [4.78, 5) is 10.5. The first-order valence-electron chi connectivity index (χ1n) is 3.84. The van der Waals surface area contributed by atoms with Crippen LogP contribution in [0.15, 0.2) is 18.2 Å². The lowest BCUT2D eigenvalue weighted by molar-refractivity contribution is -0.112. The number of hydrogen-bond donors (Lipinski definition) is 0. The van der Waals surface area contributed by atoms with Gasteiger partial charge in [0.15, 0.2) is 17.4 Å². The molecular weight excluding hydrogens is 193 g/mol. The summed E-state index contributed by atoms with van der Waals surface area (Å²) in [6, 6.07) is 1.26. The summed E-state index contributed by atoms with van der Waals surface area (Å²) in [5.74, 6) is -3.64. The Hall–Kier alpha value is -1.58. The van der Waals surface area contributed by atoms with Gasteiger partial charge in [0.1, 0.15) is 5.82 Å². The van der Waals surface area contributed by atoms with E-state index in [1.165, 1.54) is 6.92 Å². The van der Waals surface area contributed by atoms with Gasteiger partial charge >= 0.3 is 0 Å². The fraction of sp³-hybridized carbons (Fsp3) is 0.100. The highest BCUT2D eigenvalue weighted by molar-refractivity contribution is 5.91. The van der Waals surface area contributed by atoms with Gasteiger partial charge in [-0.1, -0.05) is 0 Å². The standard InChI is InChI=1S/C10H7F3O/c1-6(14)2-3-7-4-8(11)5-9(12)10(7)13/h2-5H,1H3/b3-2+. The molecule has 0 atom stereocenters. The van der Waals surface area contributed by atoms with E-state index in [4.69, 9.17) is 0 Å². The molecule has 0 heterocycles. The lowest BCUT2D eigenvalue weighted by atomic mass is 10.1. The minimum Gasteiger partial charge on any atom is -0.295 e. The van der Waals surface area contributed by atoms with E-state index in [9.17, 15) is 18.0 Å². The molecule has 0 radical (unpaired) electrons. The Morgan fingerprint density at radius 2 is 1.93 bits per heavy atom. The monoisotopic (exact) mass is 200 g/mol. The fourth-order valence-electron chi connectivity index (χ4n) is 0.904. The predicted molar refractivity (Wildman–Crippen MR) is 46.0 cm³/mol. The number of halogens is 3. The number of ketones is 1. The normalized spacial score (nSPS) is 10.9. The molecule has 0 unspecified atom stereocenters. The third-order valence-electron chi connectivity index (χ3n) is 1.52. The lowest BCUT2D eigenvalue weighted by Crippen LogP contribution is -1.91. The smallest absolute Gasteiger partial charge is 0.166 e. The molecule has 0 aliphatic carbocycles. The molecule has 0 N–H and O–H groups in total. The molecule has 0 aliphatic heterocycles. The van der Waals surface area contributed by atoms with Gasteiger partial charge in [0.25, 0.3) is 0 Å². The van der Waals surface area contributed by atoms with Crippen LogP contribution in [0.3, 0.4) is 0 Å². The topological polar surface area (TPSA) is 17.1 Å². The number of benzene rings is 1. The second-order valence-electron chi connectivity index (χ2n) is 2.73. The number of carbonyl (C=O) groups is 1. The Morgan fingerprint density at radius 1 is 1.29 bits per heavy atom. The van der Waals surface area contributed by atoms with Crippen LogP contribution in [-0.4, -0.2) is 5.78 Å². The van der Waals surface area contributed by atoms with Crippen molar-refractivity contribution in [1.29, 1.82) is 0 Å². The molecule has 1 aromatic carbocycles. The van der Waals surface area contributed by atoms with Crippen LogP contribution >= 0.6 is 0 Å². The number of allylic oxidation sites excluding steroid dienone is 1. The second-order valence-corrected chi connectivity index (χ2v) is 2.73. The molecule has 0 bridgehead atoms. The van der Waals surface area contributed by atoms with Gasteiger partial charge in [0.05, 0.1) is 0 Å². The first kappa shape index (κ1) is 10.5. The largest absolute Gasteiger partial charge is 0.295 e. The zero-order chi connectivity index (χ0) is 10.7. The maximum absolute atomic E-state index is 12.9. The summed E-state index contributed by atoms with van der Waals surface area (Å²) < 4.78 is 38.2. The molecule has 0 spiro atoms. The van der Waals surface area contributed by atoms with E-state index in [0.717, 1.165) is 18.2 Å². The fourth-order valence-corrected chi connectivity index (χ4v) is 0.904. The molecule has 0 saturated heterocycles. The summed E-state index contributed by atoms with van der Waals surface area (Å²) in [5.41, 5.74) is -0.280. The van der Waals surface area contributed by atoms with E-state index in [1.54, 1.807) is 0 Å². The maximum Gasteiger partial charge on any atom is 0.166 e. The van der Waals surface area contributed by atoms with Crippen LogP contribution in [0.1, 0.15) is 12.5 Å². The molecule has 14 heavy (non-hydrogen) atoms. The van der Waals surface area contributed by atoms with Crippen LogP contribution in [0.5, 0.6) is 0 Å². The van der Waals surface area contributed by atoms with E-state index in [2.05, 4.69) is 0 Å². The summed E-state index contributed by atoms with van der Waals surface area (Å²) in [6.45, 7) is 1.25. The van der Waals surface area contributed by atoms with Crippen LogP contribution in [0, 0.1) is 17.5 Å². The second kappa shape index (κ2) is 4.09. The first-order valence-corrected chi connectivity index (χ1v) is 3.84. The summed E-state index contributed by atoms with van der Waals surface area (Å²) in [7, 11) is 0.